The Kier molecular flexibility index (Phi) is 4.92. The third-order valence-corrected chi connectivity index (χ3v) is 5.17. The van der Waals surface area contributed by atoms with E-state index in [1.807, 2.05) is 12.1 Å². The van der Waals surface area contributed by atoms with Crippen molar-refractivity contribution in [3.63, 3.8) is 0 Å². The number of methoxy groups -OCH3 is 1. The molecule has 0 amide bonds. The average molecular weight is 334 g/mol. The van der Waals surface area contributed by atoms with Gasteiger partial charge in [-0.3, -0.25) is 0 Å². The van der Waals surface area contributed by atoms with Crippen molar-refractivity contribution in [2.45, 2.75) is 36.7 Å². The van der Waals surface area contributed by atoms with Crippen molar-refractivity contribution >= 4 is 5.97 Å². The predicted molar refractivity (Wildman–Crippen MR) is 96.9 cm³/mol. The Bertz CT molecular complexity index is 735. The Hall–Kier alpha value is -2.57. The molecular formula is C22H22O3. The first-order valence-electron chi connectivity index (χ1n) is 8.53. The SMILES string of the molecule is COC(=O)C#CC1(O)CCC(c2ccccc2)(c2ccccc2)CC1. The highest BCUT2D eigenvalue weighted by Gasteiger charge is 2.43. The summed E-state index contributed by atoms with van der Waals surface area (Å²) in [5.74, 6) is 4.49. The molecule has 1 aliphatic carbocycles. The molecule has 1 fully saturated rings. The average Bonchev–Trinajstić information content (AvgIpc) is 2.68. The zero-order valence-corrected chi connectivity index (χ0v) is 14.4. The number of esters is 1. The van der Waals surface area contributed by atoms with E-state index in [1.165, 1.54) is 18.2 Å². The van der Waals surface area contributed by atoms with Crippen LogP contribution >= 0.6 is 0 Å². The Morgan fingerprint density at radius 3 is 1.84 bits per heavy atom. The second kappa shape index (κ2) is 7.13. The fourth-order valence-electron chi connectivity index (χ4n) is 3.69. The molecular weight excluding hydrogens is 312 g/mol. The molecule has 3 heteroatoms. The van der Waals surface area contributed by atoms with Crippen LogP contribution in [0.5, 0.6) is 0 Å². The van der Waals surface area contributed by atoms with Gasteiger partial charge in [0.1, 0.15) is 5.60 Å². The van der Waals surface area contributed by atoms with Crippen LogP contribution in [0.1, 0.15) is 36.8 Å². The van der Waals surface area contributed by atoms with Crippen LogP contribution < -0.4 is 0 Å². The zero-order chi connectivity index (χ0) is 17.8. The summed E-state index contributed by atoms with van der Waals surface area (Å²) in [6.07, 6.45) is 2.57. The minimum absolute atomic E-state index is 0.137. The van der Waals surface area contributed by atoms with Crippen molar-refractivity contribution in [3.05, 3.63) is 71.8 Å². The van der Waals surface area contributed by atoms with E-state index in [-0.39, 0.29) is 5.41 Å². The third-order valence-electron chi connectivity index (χ3n) is 5.17. The van der Waals surface area contributed by atoms with Crippen LogP contribution in [0.25, 0.3) is 0 Å². The topological polar surface area (TPSA) is 46.5 Å². The van der Waals surface area contributed by atoms with Crippen LogP contribution in [0.15, 0.2) is 60.7 Å². The van der Waals surface area contributed by atoms with Gasteiger partial charge in [-0.1, -0.05) is 66.6 Å². The van der Waals surface area contributed by atoms with E-state index in [0.29, 0.717) is 12.8 Å². The maximum atomic E-state index is 11.3. The lowest BCUT2D eigenvalue weighted by Crippen LogP contribution is -2.41. The Morgan fingerprint density at radius 2 is 1.40 bits per heavy atom. The first-order valence-corrected chi connectivity index (χ1v) is 8.53. The number of carbonyl (C=O) groups excluding carboxylic acids is 1. The molecule has 128 valence electrons. The van der Waals surface area contributed by atoms with E-state index in [9.17, 15) is 9.90 Å². The molecule has 1 saturated carbocycles. The van der Waals surface area contributed by atoms with Gasteiger partial charge in [0, 0.05) is 11.3 Å². The summed E-state index contributed by atoms with van der Waals surface area (Å²) in [7, 11) is 1.29. The quantitative estimate of drug-likeness (QED) is 0.520. The van der Waals surface area contributed by atoms with Crippen LogP contribution in [0.4, 0.5) is 0 Å². The Labute approximate surface area is 148 Å². The largest absolute Gasteiger partial charge is 0.459 e. The minimum atomic E-state index is -1.14. The van der Waals surface area contributed by atoms with E-state index in [4.69, 9.17) is 0 Å². The summed E-state index contributed by atoms with van der Waals surface area (Å²) < 4.78 is 4.54. The van der Waals surface area contributed by atoms with Gasteiger partial charge in [-0.25, -0.2) is 4.79 Å². The molecule has 3 rings (SSSR count). The fourth-order valence-corrected chi connectivity index (χ4v) is 3.69. The normalized spacial score (nSPS) is 17.8. The molecule has 1 N–H and O–H groups in total. The standard InChI is InChI=1S/C22H22O3/c1-25-20(23)12-13-21(24)14-16-22(17-15-21,18-8-4-2-5-9-18)19-10-6-3-7-11-19/h2-11,24H,14-17H2,1H3. The van der Waals surface area contributed by atoms with Crippen LogP contribution in [-0.4, -0.2) is 23.8 Å². The van der Waals surface area contributed by atoms with Gasteiger partial charge in [0.2, 0.25) is 0 Å². The van der Waals surface area contributed by atoms with Crippen molar-refractivity contribution < 1.29 is 14.6 Å². The third kappa shape index (κ3) is 3.60. The molecule has 0 saturated heterocycles. The van der Waals surface area contributed by atoms with Crippen LogP contribution in [0, 0.1) is 11.8 Å². The molecule has 0 bridgehead atoms. The maximum absolute atomic E-state index is 11.3. The highest BCUT2D eigenvalue weighted by molar-refractivity contribution is 5.88. The monoisotopic (exact) mass is 334 g/mol. The first-order chi connectivity index (χ1) is 12.1. The first kappa shape index (κ1) is 17.3. The summed E-state index contributed by atoms with van der Waals surface area (Å²) in [6, 6.07) is 20.8. The summed E-state index contributed by atoms with van der Waals surface area (Å²) in [4.78, 5) is 11.3. The predicted octanol–water partition coefficient (Wildman–Crippen LogP) is 3.45. The van der Waals surface area contributed by atoms with Gasteiger partial charge in [0.25, 0.3) is 0 Å². The minimum Gasteiger partial charge on any atom is -0.459 e. The number of aliphatic hydroxyl groups is 1. The number of benzene rings is 2. The molecule has 0 aromatic heterocycles. The molecule has 3 nitrogen and oxygen atoms in total. The number of rotatable bonds is 2. The second-order valence-corrected chi connectivity index (χ2v) is 6.59. The number of hydrogen-bond donors (Lipinski definition) is 1. The van der Waals surface area contributed by atoms with Gasteiger partial charge in [-0.15, -0.1) is 0 Å². The van der Waals surface area contributed by atoms with Crippen molar-refractivity contribution in [2.75, 3.05) is 7.11 Å². The van der Waals surface area contributed by atoms with E-state index in [2.05, 4.69) is 65.1 Å². The van der Waals surface area contributed by atoms with Crippen molar-refractivity contribution in [1.82, 2.24) is 0 Å². The van der Waals surface area contributed by atoms with Crippen molar-refractivity contribution in [3.8, 4) is 11.8 Å². The van der Waals surface area contributed by atoms with E-state index in [0.717, 1.165) is 12.8 Å². The second-order valence-electron chi connectivity index (χ2n) is 6.59. The van der Waals surface area contributed by atoms with Crippen molar-refractivity contribution in [1.29, 1.82) is 0 Å². The van der Waals surface area contributed by atoms with Crippen molar-refractivity contribution in [2.24, 2.45) is 0 Å². The Morgan fingerprint density at radius 1 is 0.920 bits per heavy atom. The number of hydrogen-bond acceptors (Lipinski definition) is 3. The van der Waals surface area contributed by atoms with E-state index in [1.54, 1.807) is 0 Å². The van der Waals surface area contributed by atoms with E-state index < -0.39 is 11.6 Å². The molecule has 0 spiro atoms. The maximum Gasteiger partial charge on any atom is 0.384 e. The molecule has 0 heterocycles. The van der Waals surface area contributed by atoms with Gasteiger partial charge >= 0.3 is 5.97 Å². The van der Waals surface area contributed by atoms with Crippen LogP contribution in [0.2, 0.25) is 0 Å². The summed E-state index contributed by atoms with van der Waals surface area (Å²) >= 11 is 0. The van der Waals surface area contributed by atoms with E-state index >= 15 is 0 Å². The molecule has 0 atom stereocenters. The smallest absolute Gasteiger partial charge is 0.384 e. The molecule has 0 unspecified atom stereocenters. The number of carbonyl (C=O) groups is 1. The number of ether oxygens (including phenoxy) is 1. The molecule has 2 aromatic rings. The molecule has 0 aliphatic heterocycles. The van der Waals surface area contributed by atoms with Gasteiger partial charge in [0.15, 0.2) is 0 Å². The Balaban J connectivity index is 1.92. The summed E-state index contributed by atoms with van der Waals surface area (Å²) in [5.41, 5.74) is 1.23. The van der Waals surface area contributed by atoms with Crippen LogP contribution in [-0.2, 0) is 14.9 Å². The fraction of sp³-hybridized carbons (Fsp3) is 0.318. The highest BCUT2D eigenvalue weighted by atomic mass is 16.5. The molecule has 1 aliphatic rings. The van der Waals surface area contributed by atoms with Gasteiger partial charge in [-0.2, -0.15) is 0 Å². The lowest BCUT2D eigenvalue weighted by molar-refractivity contribution is -0.133. The highest BCUT2D eigenvalue weighted by Crippen LogP contribution is 2.47. The van der Waals surface area contributed by atoms with Gasteiger partial charge < -0.3 is 9.84 Å². The lowest BCUT2D eigenvalue weighted by atomic mass is 9.62. The van der Waals surface area contributed by atoms with Gasteiger partial charge in [0.05, 0.1) is 7.11 Å². The molecule has 25 heavy (non-hydrogen) atoms. The zero-order valence-electron chi connectivity index (χ0n) is 14.4. The summed E-state index contributed by atoms with van der Waals surface area (Å²) in [5, 5.41) is 10.8. The molecule has 0 radical (unpaired) electrons. The summed E-state index contributed by atoms with van der Waals surface area (Å²) in [6.45, 7) is 0. The van der Waals surface area contributed by atoms with Crippen LogP contribution in [0.3, 0.4) is 0 Å². The van der Waals surface area contributed by atoms with Gasteiger partial charge in [-0.05, 0) is 36.8 Å². The molecule has 2 aromatic carbocycles. The lowest BCUT2D eigenvalue weighted by Gasteiger charge is -2.43.